The smallest absolute Gasteiger partial charge is 0.486 e. The third-order valence-corrected chi connectivity index (χ3v) is 11.4. The molecule has 0 atom stereocenters. The average Bonchev–Trinajstić information content (AvgIpc) is 3.72. The van der Waals surface area contributed by atoms with E-state index in [2.05, 4.69) is 138 Å². The van der Waals surface area contributed by atoms with E-state index in [0.29, 0.717) is 5.71 Å². The first-order chi connectivity index (χ1) is 32.2. The van der Waals surface area contributed by atoms with Crippen molar-refractivity contribution in [3.05, 3.63) is 228 Å². The molecule has 332 valence electrons. The van der Waals surface area contributed by atoms with Gasteiger partial charge in [-0.1, -0.05) is 104 Å². The van der Waals surface area contributed by atoms with Crippen LogP contribution < -0.4 is 4.74 Å². The van der Waals surface area contributed by atoms with E-state index in [1.807, 2.05) is 104 Å². The molecule has 5 aromatic carbocycles. The van der Waals surface area contributed by atoms with Gasteiger partial charge in [0.2, 0.25) is 5.71 Å². The Labute approximate surface area is 407 Å². The van der Waals surface area contributed by atoms with Crippen molar-refractivity contribution in [2.45, 2.75) is 59.8 Å². The van der Waals surface area contributed by atoms with E-state index in [1.165, 1.54) is 27.8 Å². The zero-order chi connectivity index (χ0) is 45.3. The molecule has 10 rings (SSSR count). The van der Waals surface area contributed by atoms with E-state index in [9.17, 15) is 0 Å². The predicted octanol–water partition coefficient (Wildman–Crippen LogP) is 14.5. The molecular formula is C60H51IrN4O2. The molecule has 0 aliphatic carbocycles. The molecule has 0 aliphatic rings. The Kier molecular flexibility index (Phi) is 14.9. The second kappa shape index (κ2) is 21.5. The van der Waals surface area contributed by atoms with Crippen LogP contribution in [0.15, 0.2) is 181 Å². The Morgan fingerprint density at radius 3 is 1.88 bits per heavy atom. The van der Waals surface area contributed by atoms with Crippen molar-refractivity contribution in [3.8, 4) is 45.3 Å². The number of nitrogens with zero attached hydrogens (tertiary/aromatic N) is 4. The summed E-state index contributed by atoms with van der Waals surface area (Å²) in [5.41, 5.74) is 14.5. The number of benzene rings is 5. The van der Waals surface area contributed by atoms with Gasteiger partial charge < -0.3 is 24.1 Å². The van der Waals surface area contributed by atoms with Gasteiger partial charge in [0.05, 0.1) is 5.58 Å². The van der Waals surface area contributed by atoms with E-state index >= 15 is 0 Å². The van der Waals surface area contributed by atoms with Crippen LogP contribution in [0, 0.1) is 30.5 Å². The van der Waals surface area contributed by atoms with Crippen LogP contribution in [0.2, 0.25) is 0 Å². The Balaban J connectivity index is 0.000000200. The van der Waals surface area contributed by atoms with Gasteiger partial charge in [-0.05, 0) is 115 Å². The molecule has 0 spiro atoms. The monoisotopic (exact) mass is 1050 g/mol. The van der Waals surface area contributed by atoms with Crippen LogP contribution in [0.1, 0.15) is 54.3 Å². The second-order valence-electron chi connectivity index (χ2n) is 17.8. The fourth-order valence-corrected chi connectivity index (χ4v) is 8.20. The van der Waals surface area contributed by atoms with Crippen molar-refractivity contribution in [2.75, 3.05) is 0 Å². The summed E-state index contributed by atoms with van der Waals surface area (Å²) in [6.45, 7) is 8.70. The maximum Gasteiger partial charge on any atom is 3.00 e. The van der Waals surface area contributed by atoms with E-state index in [0.717, 1.165) is 99.4 Å². The van der Waals surface area contributed by atoms with Gasteiger partial charge in [0.15, 0.2) is 0 Å². The van der Waals surface area contributed by atoms with E-state index in [-0.39, 0.29) is 25.5 Å². The van der Waals surface area contributed by atoms with Gasteiger partial charge in [-0.25, -0.2) is 4.98 Å². The van der Waals surface area contributed by atoms with Crippen LogP contribution in [0.25, 0.3) is 55.8 Å². The first-order valence-electron chi connectivity index (χ1n) is 22.6. The maximum atomic E-state index is 6.57. The van der Waals surface area contributed by atoms with Gasteiger partial charge in [0, 0.05) is 29.7 Å². The average molecular weight is 1050 g/mol. The fourth-order valence-electron chi connectivity index (χ4n) is 8.20. The summed E-state index contributed by atoms with van der Waals surface area (Å²) in [6.07, 6.45) is 10.1. The topological polar surface area (TPSA) is 73.9 Å². The van der Waals surface area contributed by atoms with Crippen LogP contribution in [-0.2, 0) is 52.2 Å². The minimum Gasteiger partial charge on any atom is -0.486 e. The van der Waals surface area contributed by atoms with Crippen LogP contribution in [0.3, 0.4) is 0 Å². The number of aryl methyl sites for hydroxylation is 5. The molecule has 0 N–H and O–H groups in total. The van der Waals surface area contributed by atoms with Gasteiger partial charge in [0.25, 0.3) is 0 Å². The third kappa shape index (κ3) is 11.9. The number of hydrogen-bond donors (Lipinski definition) is 0. The zero-order valence-corrected chi connectivity index (χ0v) is 40.6. The molecule has 5 heterocycles. The summed E-state index contributed by atoms with van der Waals surface area (Å²) in [4.78, 5) is 18.1. The largest absolute Gasteiger partial charge is 3.00 e. The molecule has 0 bridgehead atoms. The zero-order valence-electron chi connectivity index (χ0n) is 38.2. The SMILES string of the molecule is Cc1ccc2c(n1)oc1c(-c3cc(CC(C)(C)C)ccn3)[c-]ccc12.[Ir+3].[c-]1ccccc1-c1cc(CCc2ccccc2Oc2ccccc2CCc2cc[c-]c(-c3ccccn3)c2)ccn1. The molecule has 6 nitrogen and oxygen atoms in total. The fraction of sp³-hybridized carbons (Fsp3) is 0.167. The molecular weight excluding hydrogens is 1000 g/mol. The van der Waals surface area contributed by atoms with Crippen molar-refractivity contribution in [2.24, 2.45) is 5.41 Å². The number of hydrogen-bond acceptors (Lipinski definition) is 6. The number of ether oxygens (including phenoxy) is 1. The predicted molar refractivity (Wildman–Crippen MR) is 266 cm³/mol. The molecule has 7 heteroatoms. The number of furan rings is 1. The number of fused-ring (bicyclic) bond motifs is 3. The summed E-state index contributed by atoms with van der Waals surface area (Å²) in [6, 6.07) is 63.3. The molecule has 67 heavy (non-hydrogen) atoms. The summed E-state index contributed by atoms with van der Waals surface area (Å²) in [5.74, 6) is 1.80. The van der Waals surface area contributed by atoms with Gasteiger partial charge in [-0.2, -0.15) is 0 Å². The van der Waals surface area contributed by atoms with E-state index < -0.39 is 0 Å². The van der Waals surface area contributed by atoms with Crippen LogP contribution >= 0.6 is 0 Å². The van der Waals surface area contributed by atoms with Gasteiger partial charge >= 0.3 is 20.1 Å². The molecule has 10 aromatic rings. The normalized spacial score (nSPS) is 11.2. The molecule has 0 fully saturated rings. The Hall–Kier alpha value is -7.05. The van der Waals surface area contributed by atoms with Crippen LogP contribution in [-0.4, -0.2) is 19.9 Å². The first-order valence-corrected chi connectivity index (χ1v) is 22.6. The molecule has 0 unspecified atom stereocenters. The van der Waals surface area contributed by atoms with Crippen molar-refractivity contribution >= 4 is 22.1 Å². The number of para-hydroxylation sites is 2. The molecule has 0 saturated carbocycles. The number of pyridine rings is 4. The van der Waals surface area contributed by atoms with E-state index in [1.54, 1.807) is 0 Å². The molecule has 0 saturated heterocycles. The Morgan fingerprint density at radius 1 is 0.522 bits per heavy atom. The van der Waals surface area contributed by atoms with Gasteiger partial charge in [0.1, 0.15) is 11.5 Å². The summed E-state index contributed by atoms with van der Waals surface area (Å²) in [7, 11) is 0. The third-order valence-electron chi connectivity index (χ3n) is 11.4. The summed E-state index contributed by atoms with van der Waals surface area (Å²) in [5, 5.41) is 2.08. The number of aromatic nitrogens is 4. The number of rotatable bonds is 12. The van der Waals surface area contributed by atoms with Crippen molar-refractivity contribution in [1.82, 2.24) is 19.9 Å². The maximum absolute atomic E-state index is 6.57. The minimum absolute atomic E-state index is 0. The Bertz CT molecular complexity index is 3090. The minimum atomic E-state index is 0. The Morgan fingerprint density at radius 2 is 1.16 bits per heavy atom. The summed E-state index contributed by atoms with van der Waals surface area (Å²) < 4.78 is 12.6. The molecule has 0 amide bonds. The van der Waals surface area contributed by atoms with Crippen molar-refractivity contribution in [3.63, 3.8) is 0 Å². The quantitative estimate of drug-likeness (QED) is 0.114. The molecule has 5 aromatic heterocycles. The second-order valence-corrected chi connectivity index (χ2v) is 17.8. The van der Waals surface area contributed by atoms with Crippen molar-refractivity contribution < 1.29 is 29.3 Å². The van der Waals surface area contributed by atoms with Gasteiger partial charge in [-0.3, -0.25) is 0 Å². The van der Waals surface area contributed by atoms with Gasteiger partial charge in [-0.15, -0.1) is 89.5 Å². The van der Waals surface area contributed by atoms with Crippen molar-refractivity contribution in [1.29, 1.82) is 0 Å². The standard InChI is InChI=1S/C38H30N2O.C22H21N2O.Ir/c1-2-12-31(13-3-1)36-28-30(24-26-40-36)21-23-33-15-5-7-19-38(33)41-37-18-6-4-14-32(37)22-20-29-11-10-16-34(27-29)35-17-8-9-25-39-35;1-14-8-9-17-16-6-5-7-18(20(16)25-21(17)24-14)19-12-15(10-11-23-19)13-22(2,3)4;/h1-12,14-15,17-19,24-28H,20-23H2;5-6,8-12H,13H2,1-4H3;/q-2;-1;+3. The molecule has 0 aliphatic heterocycles. The van der Waals surface area contributed by atoms with Crippen LogP contribution in [0.4, 0.5) is 0 Å². The molecule has 0 radical (unpaired) electrons. The van der Waals surface area contributed by atoms with Crippen LogP contribution in [0.5, 0.6) is 11.5 Å². The first kappa shape index (κ1) is 46.5. The van der Waals surface area contributed by atoms with E-state index in [4.69, 9.17) is 9.15 Å². The summed E-state index contributed by atoms with van der Waals surface area (Å²) >= 11 is 0.